The Hall–Kier alpha value is -0.990. The second-order valence-corrected chi connectivity index (χ2v) is 7.13. The average molecular weight is 337 g/mol. The molecule has 1 heterocycles. The highest BCUT2D eigenvalue weighted by Gasteiger charge is 2.26. The molecule has 1 atom stereocenters. The lowest BCUT2D eigenvalue weighted by Crippen LogP contribution is -2.18. The molecule has 0 N–H and O–H groups in total. The summed E-state index contributed by atoms with van der Waals surface area (Å²) in [6, 6.07) is 5.94. The van der Waals surface area contributed by atoms with Gasteiger partial charge in [-0.05, 0) is 36.5 Å². The predicted molar refractivity (Wildman–Crippen MR) is 92.6 cm³/mol. The number of rotatable bonds is 4. The zero-order chi connectivity index (χ0) is 15.4. The third-order valence-corrected chi connectivity index (χ3v) is 5.36. The van der Waals surface area contributed by atoms with E-state index in [1.54, 1.807) is 0 Å². The molecular formula is C18H22Cl2N2. The summed E-state index contributed by atoms with van der Waals surface area (Å²) in [5, 5.41) is 1.50. The van der Waals surface area contributed by atoms with Gasteiger partial charge in [0.2, 0.25) is 0 Å². The molecule has 1 aromatic carbocycles. The van der Waals surface area contributed by atoms with E-state index in [-0.39, 0.29) is 0 Å². The normalized spacial score (nSPS) is 18.1. The molecule has 1 unspecified atom stereocenters. The van der Waals surface area contributed by atoms with Crippen molar-refractivity contribution in [3.8, 4) is 0 Å². The monoisotopic (exact) mass is 336 g/mol. The Labute approximate surface area is 142 Å². The summed E-state index contributed by atoms with van der Waals surface area (Å²) >= 11 is 12.6. The van der Waals surface area contributed by atoms with Crippen molar-refractivity contribution in [3.05, 3.63) is 52.5 Å². The van der Waals surface area contributed by atoms with Crippen LogP contribution in [0.1, 0.15) is 50.0 Å². The Balaban J connectivity index is 1.90. The number of hydrogen-bond acceptors (Lipinski definition) is 1. The lowest BCUT2D eigenvalue weighted by atomic mass is 9.81. The highest BCUT2D eigenvalue weighted by Crippen LogP contribution is 2.39. The van der Waals surface area contributed by atoms with E-state index in [2.05, 4.69) is 15.6 Å². The van der Waals surface area contributed by atoms with Crippen LogP contribution in [0.2, 0.25) is 10.0 Å². The molecule has 1 aromatic heterocycles. The minimum atomic E-state index is 0.428. The smallest absolute Gasteiger partial charge is 0.0946 e. The molecule has 1 aliphatic carbocycles. The average Bonchev–Trinajstić information content (AvgIpc) is 2.86. The van der Waals surface area contributed by atoms with Crippen LogP contribution in [0.15, 0.2) is 36.9 Å². The van der Waals surface area contributed by atoms with Crippen molar-refractivity contribution in [2.24, 2.45) is 5.92 Å². The van der Waals surface area contributed by atoms with Crippen LogP contribution in [0.4, 0.5) is 0 Å². The summed E-state index contributed by atoms with van der Waals surface area (Å²) in [5.41, 5.74) is 1.23. The van der Waals surface area contributed by atoms with Crippen molar-refractivity contribution in [1.82, 2.24) is 9.55 Å². The summed E-state index contributed by atoms with van der Waals surface area (Å²) in [5.74, 6) is 1.11. The highest BCUT2D eigenvalue weighted by atomic mass is 35.5. The Morgan fingerprint density at radius 3 is 2.55 bits per heavy atom. The van der Waals surface area contributed by atoms with Gasteiger partial charge in [0.05, 0.1) is 6.33 Å². The van der Waals surface area contributed by atoms with Crippen LogP contribution >= 0.6 is 23.2 Å². The van der Waals surface area contributed by atoms with Gasteiger partial charge < -0.3 is 4.57 Å². The minimum absolute atomic E-state index is 0.428. The van der Waals surface area contributed by atoms with E-state index in [0.29, 0.717) is 16.9 Å². The zero-order valence-corrected chi connectivity index (χ0v) is 14.2. The van der Waals surface area contributed by atoms with Gasteiger partial charge in [-0.25, -0.2) is 4.98 Å². The Morgan fingerprint density at radius 1 is 1.14 bits per heavy atom. The molecule has 0 spiro atoms. The van der Waals surface area contributed by atoms with Crippen LogP contribution in [0.5, 0.6) is 0 Å². The maximum absolute atomic E-state index is 6.52. The number of hydrogen-bond donors (Lipinski definition) is 0. The van der Waals surface area contributed by atoms with E-state index in [0.717, 1.165) is 11.6 Å². The molecule has 4 heteroatoms. The fourth-order valence-electron chi connectivity index (χ4n) is 3.64. The van der Waals surface area contributed by atoms with Crippen molar-refractivity contribution < 1.29 is 0 Å². The van der Waals surface area contributed by atoms with Gasteiger partial charge in [0.1, 0.15) is 0 Å². The molecule has 1 aliphatic rings. The molecule has 0 bridgehead atoms. The molecule has 2 nitrogen and oxygen atoms in total. The zero-order valence-electron chi connectivity index (χ0n) is 12.7. The third-order valence-electron chi connectivity index (χ3n) is 4.80. The lowest BCUT2D eigenvalue weighted by Gasteiger charge is -2.28. The van der Waals surface area contributed by atoms with Crippen molar-refractivity contribution in [3.63, 3.8) is 0 Å². The number of aromatic nitrogens is 2. The molecule has 2 aromatic rings. The fourth-order valence-corrected chi connectivity index (χ4v) is 4.19. The predicted octanol–water partition coefficient (Wildman–Crippen LogP) is 5.94. The van der Waals surface area contributed by atoms with Crippen LogP contribution in [0, 0.1) is 5.92 Å². The maximum atomic E-state index is 6.52. The molecule has 0 radical (unpaired) electrons. The molecule has 22 heavy (non-hydrogen) atoms. The maximum Gasteiger partial charge on any atom is 0.0946 e. The largest absolute Gasteiger partial charge is 0.337 e. The van der Waals surface area contributed by atoms with Crippen LogP contribution in [0.3, 0.4) is 0 Å². The SMILES string of the molecule is Clc1ccc(C(Cn2ccnc2)C2CCCCCC2)c(Cl)c1. The number of halogens is 2. The van der Waals surface area contributed by atoms with Crippen LogP contribution in [-0.4, -0.2) is 9.55 Å². The van der Waals surface area contributed by atoms with Gasteiger partial charge in [-0.3, -0.25) is 0 Å². The van der Waals surface area contributed by atoms with Gasteiger partial charge >= 0.3 is 0 Å². The van der Waals surface area contributed by atoms with E-state index in [9.17, 15) is 0 Å². The van der Waals surface area contributed by atoms with Crippen LogP contribution in [0.25, 0.3) is 0 Å². The summed E-state index contributed by atoms with van der Waals surface area (Å²) in [6.07, 6.45) is 13.7. The van der Waals surface area contributed by atoms with Crippen molar-refractivity contribution in [2.45, 2.75) is 51.0 Å². The van der Waals surface area contributed by atoms with Gasteiger partial charge in [0.15, 0.2) is 0 Å². The second-order valence-electron chi connectivity index (χ2n) is 6.28. The molecule has 3 rings (SSSR count). The van der Waals surface area contributed by atoms with E-state index in [4.69, 9.17) is 23.2 Å². The Bertz CT molecular complexity index is 587. The molecule has 0 amide bonds. The molecule has 1 saturated carbocycles. The van der Waals surface area contributed by atoms with Gasteiger partial charge in [-0.1, -0.05) is 55.0 Å². The van der Waals surface area contributed by atoms with Gasteiger partial charge in [-0.2, -0.15) is 0 Å². The molecule has 1 fully saturated rings. The highest BCUT2D eigenvalue weighted by molar-refractivity contribution is 6.35. The van der Waals surface area contributed by atoms with E-state index in [1.165, 1.54) is 44.1 Å². The van der Waals surface area contributed by atoms with Crippen LogP contribution < -0.4 is 0 Å². The lowest BCUT2D eigenvalue weighted by molar-refractivity contribution is 0.342. The molecular weight excluding hydrogens is 315 g/mol. The standard InChI is InChI=1S/C18H22Cl2N2/c19-15-7-8-16(18(20)11-15)17(12-22-10-9-21-13-22)14-5-3-1-2-4-6-14/h7-11,13-14,17H,1-6,12H2. The van der Waals surface area contributed by atoms with Crippen molar-refractivity contribution in [2.75, 3.05) is 0 Å². The first-order valence-electron chi connectivity index (χ1n) is 8.15. The number of nitrogens with zero attached hydrogens (tertiary/aromatic N) is 2. The summed E-state index contributed by atoms with van der Waals surface area (Å²) in [4.78, 5) is 4.18. The fraction of sp³-hybridized carbons (Fsp3) is 0.500. The summed E-state index contributed by atoms with van der Waals surface area (Å²) in [7, 11) is 0. The molecule has 118 valence electrons. The summed E-state index contributed by atoms with van der Waals surface area (Å²) < 4.78 is 2.17. The first-order chi connectivity index (χ1) is 10.7. The Kier molecular flexibility index (Phi) is 5.43. The van der Waals surface area contributed by atoms with Gasteiger partial charge in [-0.15, -0.1) is 0 Å². The first-order valence-corrected chi connectivity index (χ1v) is 8.90. The van der Waals surface area contributed by atoms with E-state index < -0.39 is 0 Å². The minimum Gasteiger partial charge on any atom is -0.337 e. The quantitative estimate of drug-likeness (QED) is 0.631. The number of imidazole rings is 1. The van der Waals surface area contributed by atoms with Crippen molar-refractivity contribution in [1.29, 1.82) is 0 Å². The van der Waals surface area contributed by atoms with Crippen LogP contribution in [-0.2, 0) is 6.54 Å². The first kappa shape index (κ1) is 15.9. The van der Waals surface area contributed by atoms with Gasteiger partial charge in [0.25, 0.3) is 0 Å². The van der Waals surface area contributed by atoms with Gasteiger partial charge in [0, 0.05) is 34.9 Å². The van der Waals surface area contributed by atoms with Crippen molar-refractivity contribution >= 4 is 23.2 Å². The topological polar surface area (TPSA) is 17.8 Å². The molecule has 0 aliphatic heterocycles. The Morgan fingerprint density at radius 2 is 1.91 bits per heavy atom. The summed E-state index contributed by atoms with van der Waals surface area (Å²) in [6.45, 7) is 0.937. The number of benzene rings is 1. The third kappa shape index (κ3) is 3.85. The molecule has 0 saturated heterocycles. The van der Waals surface area contributed by atoms with E-state index in [1.807, 2.05) is 30.9 Å². The second kappa shape index (κ2) is 7.52. The van der Waals surface area contributed by atoms with E-state index >= 15 is 0 Å².